The van der Waals surface area contributed by atoms with E-state index in [2.05, 4.69) is 25.9 Å². The van der Waals surface area contributed by atoms with Crippen LogP contribution in [0.25, 0.3) is 11.4 Å². The smallest absolute Gasteiger partial charge is 0.340 e. The minimum Gasteiger partial charge on any atom is -0.465 e. The molecule has 4 nitrogen and oxygen atoms in total. The van der Waals surface area contributed by atoms with Crippen LogP contribution in [-0.4, -0.2) is 23.0 Å². The predicted octanol–water partition coefficient (Wildman–Crippen LogP) is 3.00. The molecule has 18 heavy (non-hydrogen) atoms. The van der Waals surface area contributed by atoms with E-state index in [1.165, 1.54) is 7.11 Å². The molecule has 0 radical (unpaired) electrons. The molecule has 2 rings (SSSR count). The van der Waals surface area contributed by atoms with Gasteiger partial charge in [0, 0.05) is 10.7 Å². The Morgan fingerprint density at radius 3 is 2.78 bits per heavy atom. The van der Waals surface area contributed by atoms with Gasteiger partial charge in [0.15, 0.2) is 0 Å². The topological polar surface area (TPSA) is 52.1 Å². The third-order valence-electron chi connectivity index (χ3n) is 2.46. The fraction of sp³-hybridized carbons (Fsp3) is 0.154. The zero-order chi connectivity index (χ0) is 13.1. The fourth-order valence-corrected chi connectivity index (χ4v) is 1.86. The van der Waals surface area contributed by atoms with Crippen LogP contribution in [0.2, 0.25) is 0 Å². The summed E-state index contributed by atoms with van der Waals surface area (Å²) in [7, 11) is 1.35. The Kier molecular flexibility index (Phi) is 3.72. The van der Waals surface area contributed by atoms with Gasteiger partial charge in [0.05, 0.1) is 24.1 Å². The van der Waals surface area contributed by atoms with Gasteiger partial charge in [-0.05, 0) is 41.1 Å². The zero-order valence-electron chi connectivity index (χ0n) is 9.98. The number of methoxy groups -OCH3 is 1. The van der Waals surface area contributed by atoms with Gasteiger partial charge in [0.2, 0.25) is 0 Å². The number of carbonyl (C=O) groups excluding carboxylic acids is 1. The second kappa shape index (κ2) is 5.27. The van der Waals surface area contributed by atoms with E-state index in [0.717, 1.165) is 10.2 Å². The van der Waals surface area contributed by atoms with Gasteiger partial charge in [-0.2, -0.15) is 0 Å². The Hall–Kier alpha value is -1.75. The first-order valence-electron chi connectivity index (χ1n) is 5.30. The Bertz CT molecular complexity index is 585. The van der Waals surface area contributed by atoms with Crippen LogP contribution >= 0.6 is 15.9 Å². The van der Waals surface area contributed by atoms with E-state index in [1.807, 2.05) is 25.1 Å². The summed E-state index contributed by atoms with van der Waals surface area (Å²) in [6, 6.07) is 7.18. The molecule has 0 aliphatic rings. The predicted molar refractivity (Wildman–Crippen MR) is 71.2 cm³/mol. The van der Waals surface area contributed by atoms with Crippen LogP contribution in [-0.2, 0) is 4.74 Å². The molecule has 0 fully saturated rings. The second-order valence-corrected chi connectivity index (χ2v) is 4.51. The van der Waals surface area contributed by atoms with Gasteiger partial charge in [-0.25, -0.2) is 9.78 Å². The van der Waals surface area contributed by atoms with E-state index >= 15 is 0 Å². The molecule has 0 N–H and O–H groups in total. The van der Waals surface area contributed by atoms with E-state index in [0.29, 0.717) is 17.0 Å². The molecule has 5 heteroatoms. The number of hydrogen-bond donors (Lipinski definition) is 0. The average Bonchev–Trinajstić information content (AvgIpc) is 2.41. The highest BCUT2D eigenvalue weighted by Gasteiger charge is 2.17. The van der Waals surface area contributed by atoms with Crippen LogP contribution in [0.1, 0.15) is 16.1 Å². The number of aromatic nitrogens is 2. The molecule has 0 spiro atoms. The first kappa shape index (κ1) is 12.7. The van der Waals surface area contributed by atoms with Crippen LogP contribution in [0.5, 0.6) is 0 Å². The lowest BCUT2D eigenvalue weighted by Crippen LogP contribution is -2.07. The number of halogens is 1. The Balaban J connectivity index is 2.65. The highest BCUT2D eigenvalue weighted by molar-refractivity contribution is 9.10. The Morgan fingerprint density at radius 1 is 1.39 bits per heavy atom. The second-order valence-electron chi connectivity index (χ2n) is 3.66. The maximum Gasteiger partial charge on any atom is 0.340 e. The molecule has 0 aromatic carbocycles. The monoisotopic (exact) mass is 306 g/mol. The molecule has 0 aliphatic heterocycles. The van der Waals surface area contributed by atoms with Gasteiger partial charge in [-0.1, -0.05) is 6.07 Å². The molecule has 92 valence electrons. The first-order chi connectivity index (χ1) is 8.63. The molecule has 0 saturated heterocycles. The minimum absolute atomic E-state index is 0.397. The third-order valence-corrected chi connectivity index (χ3v) is 3.27. The molecular weight excluding hydrogens is 296 g/mol. The molecular formula is C13H11BrN2O2. The standard InChI is InChI=1S/C13H11BrN2O2/c1-8-10(14)7-9(13(17)18-2)12(16-8)11-5-3-4-6-15-11/h3-7H,1-2H3. The van der Waals surface area contributed by atoms with Crippen molar-refractivity contribution in [3.05, 3.63) is 46.2 Å². The highest BCUT2D eigenvalue weighted by atomic mass is 79.9. The van der Waals surface area contributed by atoms with Crippen molar-refractivity contribution >= 4 is 21.9 Å². The number of hydrogen-bond acceptors (Lipinski definition) is 4. The van der Waals surface area contributed by atoms with Crippen molar-refractivity contribution in [1.29, 1.82) is 0 Å². The highest BCUT2D eigenvalue weighted by Crippen LogP contribution is 2.25. The van der Waals surface area contributed by atoms with Crippen molar-refractivity contribution in [3.63, 3.8) is 0 Å². The SMILES string of the molecule is COC(=O)c1cc(Br)c(C)nc1-c1ccccn1. The van der Waals surface area contributed by atoms with Gasteiger partial charge in [0.25, 0.3) is 0 Å². The Morgan fingerprint density at radius 2 is 2.17 bits per heavy atom. The summed E-state index contributed by atoms with van der Waals surface area (Å²) < 4.78 is 5.53. The molecule has 0 aliphatic carbocycles. The molecule has 2 aromatic heterocycles. The van der Waals surface area contributed by atoms with Crippen molar-refractivity contribution in [1.82, 2.24) is 9.97 Å². The van der Waals surface area contributed by atoms with E-state index < -0.39 is 5.97 Å². The number of pyridine rings is 2. The van der Waals surface area contributed by atoms with Crippen molar-refractivity contribution in [2.45, 2.75) is 6.92 Å². The van der Waals surface area contributed by atoms with Crippen LogP contribution in [0, 0.1) is 6.92 Å². The van der Waals surface area contributed by atoms with Gasteiger partial charge in [0.1, 0.15) is 5.69 Å². The number of rotatable bonds is 2. The summed E-state index contributed by atoms with van der Waals surface area (Å²) in [6.07, 6.45) is 1.66. The maximum absolute atomic E-state index is 11.8. The molecule has 2 aromatic rings. The van der Waals surface area contributed by atoms with E-state index in [4.69, 9.17) is 4.74 Å². The lowest BCUT2D eigenvalue weighted by molar-refractivity contribution is 0.0601. The summed E-state index contributed by atoms with van der Waals surface area (Å²) >= 11 is 3.36. The molecule has 0 saturated carbocycles. The van der Waals surface area contributed by atoms with Crippen molar-refractivity contribution in [2.75, 3.05) is 7.11 Å². The summed E-state index contributed by atoms with van der Waals surface area (Å²) in [5.74, 6) is -0.427. The summed E-state index contributed by atoms with van der Waals surface area (Å²) in [5, 5.41) is 0. The largest absolute Gasteiger partial charge is 0.465 e. The number of esters is 1. The van der Waals surface area contributed by atoms with Gasteiger partial charge in [-0.15, -0.1) is 0 Å². The molecule has 2 heterocycles. The third kappa shape index (κ3) is 2.41. The van der Waals surface area contributed by atoms with E-state index in [1.54, 1.807) is 12.3 Å². The van der Waals surface area contributed by atoms with Crippen LogP contribution in [0.15, 0.2) is 34.9 Å². The number of nitrogens with zero attached hydrogens (tertiary/aromatic N) is 2. The van der Waals surface area contributed by atoms with Crippen LogP contribution < -0.4 is 0 Å². The van der Waals surface area contributed by atoms with Crippen LogP contribution in [0.4, 0.5) is 0 Å². The molecule has 0 bridgehead atoms. The number of aryl methyl sites for hydroxylation is 1. The maximum atomic E-state index is 11.8. The van der Waals surface area contributed by atoms with Gasteiger partial charge in [-0.3, -0.25) is 4.98 Å². The van der Waals surface area contributed by atoms with Crippen molar-refractivity contribution in [2.24, 2.45) is 0 Å². The van der Waals surface area contributed by atoms with Gasteiger partial charge >= 0.3 is 5.97 Å². The summed E-state index contributed by atoms with van der Waals surface area (Å²) in [6.45, 7) is 1.86. The molecule has 0 amide bonds. The minimum atomic E-state index is -0.427. The quantitative estimate of drug-likeness (QED) is 0.800. The lowest BCUT2D eigenvalue weighted by Gasteiger charge is -2.09. The Labute approximate surface area is 113 Å². The van der Waals surface area contributed by atoms with E-state index in [9.17, 15) is 4.79 Å². The normalized spacial score (nSPS) is 10.2. The lowest BCUT2D eigenvalue weighted by atomic mass is 10.1. The number of carbonyl (C=O) groups is 1. The zero-order valence-corrected chi connectivity index (χ0v) is 11.6. The van der Waals surface area contributed by atoms with Gasteiger partial charge < -0.3 is 4.74 Å². The van der Waals surface area contributed by atoms with E-state index in [-0.39, 0.29) is 0 Å². The fourth-order valence-electron chi connectivity index (χ4n) is 1.54. The molecule has 0 unspecified atom stereocenters. The van der Waals surface area contributed by atoms with Crippen molar-refractivity contribution in [3.8, 4) is 11.4 Å². The average molecular weight is 307 g/mol. The first-order valence-corrected chi connectivity index (χ1v) is 6.09. The summed E-state index contributed by atoms with van der Waals surface area (Å²) in [5.41, 5.74) is 2.37. The summed E-state index contributed by atoms with van der Waals surface area (Å²) in [4.78, 5) is 20.4. The van der Waals surface area contributed by atoms with Crippen LogP contribution in [0.3, 0.4) is 0 Å². The van der Waals surface area contributed by atoms with Crippen molar-refractivity contribution < 1.29 is 9.53 Å². The number of ether oxygens (including phenoxy) is 1. The molecule has 0 atom stereocenters.